The van der Waals surface area contributed by atoms with E-state index in [4.69, 9.17) is 20.2 Å². The number of benzene rings is 3. The number of aromatic nitrogens is 2. The third kappa shape index (κ3) is 5.60. The monoisotopic (exact) mass is 533 g/mol. The summed E-state index contributed by atoms with van der Waals surface area (Å²) in [7, 11) is 3.17. The molecule has 1 amide bonds. The summed E-state index contributed by atoms with van der Waals surface area (Å²) in [5.41, 5.74) is 9.26. The first-order valence-corrected chi connectivity index (χ1v) is 12.4. The number of nitrogen functional groups attached to an aromatic ring is 1. The van der Waals surface area contributed by atoms with Gasteiger partial charge in [-0.25, -0.2) is 4.98 Å². The first kappa shape index (κ1) is 27.0. The lowest BCUT2D eigenvalue weighted by molar-refractivity contribution is -0.131. The second kappa shape index (κ2) is 12.0. The second-order valence-corrected chi connectivity index (χ2v) is 9.08. The summed E-state index contributed by atoms with van der Waals surface area (Å²) < 4.78 is 10.8. The van der Waals surface area contributed by atoms with Crippen LogP contribution in [0.1, 0.15) is 23.5 Å². The van der Waals surface area contributed by atoms with E-state index in [1.165, 1.54) is 0 Å². The molecule has 0 saturated carbocycles. The molecule has 0 atom stereocenters. The van der Waals surface area contributed by atoms with E-state index in [2.05, 4.69) is 34.1 Å². The Morgan fingerprint density at radius 2 is 1.42 bits per heavy atom. The molecule has 0 radical (unpaired) electrons. The summed E-state index contributed by atoms with van der Waals surface area (Å²) in [6.07, 6.45) is 0.426. The number of fused-ring (bicyclic) bond motifs is 1. The van der Waals surface area contributed by atoms with Gasteiger partial charge in [0.2, 0.25) is 11.9 Å². The molecule has 0 unspecified atom stereocenters. The van der Waals surface area contributed by atoms with E-state index in [-0.39, 0.29) is 24.2 Å². The van der Waals surface area contributed by atoms with E-state index in [9.17, 15) is 4.79 Å². The van der Waals surface area contributed by atoms with Crippen molar-refractivity contribution in [1.82, 2.24) is 14.9 Å². The van der Waals surface area contributed by atoms with Gasteiger partial charge in [-0.1, -0.05) is 60.7 Å². The number of nitrogens with two attached hydrogens (primary N) is 1. The van der Waals surface area contributed by atoms with Crippen LogP contribution >= 0.6 is 12.4 Å². The topological polar surface area (TPSA) is 93.8 Å². The van der Waals surface area contributed by atoms with Gasteiger partial charge in [-0.3, -0.25) is 4.79 Å². The Balaban J connectivity index is 0.00000336. The van der Waals surface area contributed by atoms with Gasteiger partial charge in [0, 0.05) is 50.0 Å². The molecule has 1 aliphatic rings. The minimum atomic E-state index is 0. The fourth-order valence-electron chi connectivity index (χ4n) is 4.87. The lowest BCUT2D eigenvalue weighted by Crippen LogP contribution is -2.49. The van der Waals surface area contributed by atoms with Crippen LogP contribution in [0, 0.1) is 0 Å². The number of ether oxygens (including phenoxy) is 2. The van der Waals surface area contributed by atoms with Gasteiger partial charge >= 0.3 is 0 Å². The molecular weight excluding hydrogens is 502 g/mol. The number of carbonyl (C=O) groups excluding carboxylic acids is 1. The maximum absolute atomic E-state index is 13.4. The highest BCUT2D eigenvalue weighted by Crippen LogP contribution is 2.34. The standard InChI is InChI=1S/C29H31N5O3.ClH/c1-36-25-17-23-24(19-26(25)37-2)31-29(32-28(23)30)34-15-13-33(14-16-34)27(35)18-22(20-9-5-3-6-10-20)21-11-7-4-8-12-21;/h3-12,17,19,22H,13-16,18H2,1-2H3,(H2,30,31,32);1H. The molecule has 1 fully saturated rings. The molecule has 1 aromatic heterocycles. The van der Waals surface area contributed by atoms with E-state index < -0.39 is 0 Å². The van der Waals surface area contributed by atoms with Crippen LogP contribution in [-0.4, -0.2) is 61.2 Å². The predicted molar refractivity (Wildman–Crippen MR) is 152 cm³/mol. The minimum Gasteiger partial charge on any atom is -0.493 e. The number of rotatable bonds is 7. The molecule has 2 heterocycles. The molecule has 8 nitrogen and oxygen atoms in total. The van der Waals surface area contributed by atoms with Crippen LogP contribution in [0.3, 0.4) is 0 Å². The highest BCUT2D eigenvalue weighted by Gasteiger charge is 2.26. The van der Waals surface area contributed by atoms with Crippen LogP contribution in [-0.2, 0) is 4.79 Å². The van der Waals surface area contributed by atoms with Gasteiger partial charge in [0.25, 0.3) is 0 Å². The first-order valence-electron chi connectivity index (χ1n) is 12.4. The molecule has 0 spiro atoms. The van der Waals surface area contributed by atoms with E-state index in [0.29, 0.717) is 66.8 Å². The third-order valence-electron chi connectivity index (χ3n) is 6.92. The molecule has 38 heavy (non-hydrogen) atoms. The van der Waals surface area contributed by atoms with E-state index in [1.54, 1.807) is 20.3 Å². The van der Waals surface area contributed by atoms with Crippen molar-refractivity contribution >= 4 is 41.0 Å². The number of carbonyl (C=O) groups is 1. The van der Waals surface area contributed by atoms with Crippen LogP contribution in [0.15, 0.2) is 72.8 Å². The van der Waals surface area contributed by atoms with Gasteiger partial charge in [0.15, 0.2) is 11.5 Å². The molecule has 0 aliphatic carbocycles. The van der Waals surface area contributed by atoms with Crippen LogP contribution in [0.25, 0.3) is 10.9 Å². The Bertz CT molecular complexity index is 1340. The number of amides is 1. The molecule has 198 valence electrons. The van der Waals surface area contributed by atoms with Crippen molar-refractivity contribution in [2.45, 2.75) is 12.3 Å². The Labute approximate surface area is 228 Å². The zero-order valence-electron chi connectivity index (χ0n) is 21.5. The number of anilines is 2. The largest absolute Gasteiger partial charge is 0.493 e. The average molecular weight is 534 g/mol. The SMILES string of the molecule is COc1cc2nc(N3CCN(C(=O)CC(c4ccccc4)c4ccccc4)CC3)nc(N)c2cc1OC.Cl. The minimum absolute atomic E-state index is 0. The quantitative estimate of drug-likeness (QED) is 0.373. The van der Waals surface area contributed by atoms with Crippen LogP contribution in [0.5, 0.6) is 11.5 Å². The molecule has 1 saturated heterocycles. The number of hydrogen-bond donors (Lipinski definition) is 1. The van der Waals surface area contributed by atoms with Gasteiger partial charge in [-0.2, -0.15) is 4.98 Å². The smallest absolute Gasteiger partial charge is 0.228 e. The zero-order chi connectivity index (χ0) is 25.8. The van der Waals surface area contributed by atoms with Crippen LogP contribution < -0.4 is 20.1 Å². The van der Waals surface area contributed by atoms with Crippen molar-refractivity contribution in [3.05, 3.63) is 83.9 Å². The summed E-state index contributed by atoms with van der Waals surface area (Å²) in [6, 6.07) is 24.1. The van der Waals surface area contributed by atoms with Crippen molar-refractivity contribution in [2.24, 2.45) is 0 Å². The van der Waals surface area contributed by atoms with Gasteiger partial charge in [-0.05, 0) is 17.2 Å². The number of methoxy groups -OCH3 is 2. The van der Waals surface area contributed by atoms with E-state index >= 15 is 0 Å². The van der Waals surface area contributed by atoms with Crippen LogP contribution in [0.2, 0.25) is 0 Å². The molecule has 5 rings (SSSR count). The first-order chi connectivity index (χ1) is 18.1. The van der Waals surface area contributed by atoms with Crippen molar-refractivity contribution in [3.8, 4) is 11.5 Å². The van der Waals surface area contributed by atoms with Crippen LogP contribution in [0.4, 0.5) is 11.8 Å². The molecule has 2 N–H and O–H groups in total. The van der Waals surface area contributed by atoms with Gasteiger partial charge in [0.1, 0.15) is 5.82 Å². The molecule has 4 aromatic rings. The van der Waals surface area contributed by atoms with E-state index in [0.717, 1.165) is 11.1 Å². The molecule has 9 heteroatoms. The second-order valence-electron chi connectivity index (χ2n) is 9.08. The van der Waals surface area contributed by atoms with Gasteiger partial charge in [0.05, 0.1) is 19.7 Å². The normalized spacial score (nSPS) is 13.3. The molecular formula is C29H32ClN5O3. The Morgan fingerprint density at radius 3 is 1.97 bits per heavy atom. The Kier molecular flexibility index (Phi) is 8.53. The highest BCUT2D eigenvalue weighted by molar-refractivity contribution is 5.91. The summed E-state index contributed by atoms with van der Waals surface area (Å²) in [5.74, 6) is 2.26. The zero-order valence-corrected chi connectivity index (χ0v) is 22.4. The summed E-state index contributed by atoms with van der Waals surface area (Å²) in [5, 5.41) is 0.711. The lowest BCUT2D eigenvalue weighted by Gasteiger charge is -2.35. The van der Waals surface area contributed by atoms with Crippen molar-refractivity contribution in [2.75, 3.05) is 51.0 Å². The van der Waals surface area contributed by atoms with Gasteiger partial charge < -0.3 is 25.0 Å². The molecule has 3 aromatic carbocycles. The highest BCUT2D eigenvalue weighted by atomic mass is 35.5. The maximum atomic E-state index is 13.4. The van der Waals surface area contributed by atoms with Gasteiger partial charge in [-0.15, -0.1) is 12.4 Å². The molecule has 1 aliphatic heterocycles. The van der Waals surface area contributed by atoms with Crippen molar-refractivity contribution in [1.29, 1.82) is 0 Å². The number of hydrogen-bond acceptors (Lipinski definition) is 7. The number of halogens is 1. The Hall–Kier alpha value is -4.04. The third-order valence-corrected chi connectivity index (χ3v) is 6.92. The van der Waals surface area contributed by atoms with Crippen molar-refractivity contribution in [3.63, 3.8) is 0 Å². The average Bonchev–Trinajstić information content (AvgIpc) is 2.96. The number of piperazine rings is 1. The summed E-state index contributed by atoms with van der Waals surface area (Å²) in [6.45, 7) is 2.46. The van der Waals surface area contributed by atoms with E-state index in [1.807, 2.05) is 47.4 Å². The lowest BCUT2D eigenvalue weighted by atomic mass is 9.88. The fourth-order valence-corrected chi connectivity index (χ4v) is 4.87. The maximum Gasteiger partial charge on any atom is 0.228 e. The summed E-state index contributed by atoms with van der Waals surface area (Å²) in [4.78, 5) is 26.7. The molecule has 0 bridgehead atoms. The fraction of sp³-hybridized carbons (Fsp3) is 0.276. The number of nitrogens with zero attached hydrogens (tertiary/aromatic N) is 4. The summed E-state index contributed by atoms with van der Waals surface area (Å²) >= 11 is 0. The van der Waals surface area contributed by atoms with Crippen molar-refractivity contribution < 1.29 is 14.3 Å². The Morgan fingerprint density at radius 1 is 0.868 bits per heavy atom. The predicted octanol–water partition coefficient (Wildman–Crippen LogP) is 4.52.